The van der Waals surface area contributed by atoms with Gasteiger partial charge in [-0.25, -0.2) is 22.7 Å². The largest absolute Gasteiger partial charge is 0.357 e. The zero-order valence-corrected chi connectivity index (χ0v) is 17.8. The van der Waals surface area contributed by atoms with Crippen LogP contribution in [0.2, 0.25) is 0 Å². The van der Waals surface area contributed by atoms with E-state index in [0.717, 1.165) is 49.7 Å². The summed E-state index contributed by atoms with van der Waals surface area (Å²) in [7, 11) is -3.14. The summed E-state index contributed by atoms with van der Waals surface area (Å²) < 4.78 is 26.8. The van der Waals surface area contributed by atoms with Crippen molar-refractivity contribution in [2.24, 2.45) is 5.92 Å². The third-order valence-electron chi connectivity index (χ3n) is 6.07. The SMILES string of the molecule is CCC(C)S(=O)(=O)N1CCC(Cc2cc(N3CCCCC3)nc(C)n2)CC1. The molecule has 1 aromatic heterocycles. The summed E-state index contributed by atoms with van der Waals surface area (Å²) in [6.07, 6.45) is 7.20. The molecule has 0 spiro atoms. The second kappa shape index (κ2) is 8.86. The van der Waals surface area contributed by atoms with Crippen molar-refractivity contribution in [1.82, 2.24) is 14.3 Å². The van der Waals surface area contributed by atoms with E-state index >= 15 is 0 Å². The quantitative estimate of drug-likeness (QED) is 0.741. The summed E-state index contributed by atoms with van der Waals surface area (Å²) in [4.78, 5) is 11.7. The van der Waals surface area contributed by atoms with Gasteiger partial charge < -0.3 is 4.90 Å². The van der Waals surface area contributed by atoms with Gasteiger partial charge in [-0.15, -0.1) is 0 Å². The van der Waals surface area contributed by atoms with E-state index in [1.54, 1.807) is 4.31 Å². The number of aryl methyl sites for hydroxylation is 1. The molecule has 0 bridgehead atoms. The normalized spacial score (nSPS) is 21.4. The lowest BCUT2D eigenvalue weighted by Gasteiger charge is -2.33. The van der Waals surface area contributed by atoms with Gasteiger partial charge in [-0.2, -0.15) is 0 Å². The zero-order valence-electron chi connectivity index (χ0n) is 17.0. The average Bonchev–Trinajstić information content (AvgIpc) is 2.68. The highest BCUT2D eigenvalue weighted by molar-refractivity contribution is 7.89. The fourth-order valence-corrected chi connectivity index (χ4v) is 5.78. The van der Waals surface area contributed by atoms with Crippen molar-refractivity contribution in [2.75, 3.05) is 31.1 Å². The number of nitrogens with zero attached hydrogens (tertiary/aromatic N) is 4. The Labute approximate surface area is 164 Å². The predicted octanol–water partition coefficient (Wildman–Crippen LogP) is 3.16. The number of sulfonamides is 1. The molecular weight excluding hydrogens is 360 g/mol. The maximum absolute atomic E-state index is 12.5. The number of piperidine rings is 2. The monoisotopic (exact) mass is 394 g/mol. The Hall–Kier alpha value is -1.21. The highest BCUT2D eigenvalue weighted by Gasteiger charge is 2.31. The minimum atomic E-state index is -3.14. The van der Waals surface area contributed by atoms with Gasteiger partial charge in [0.25, 0.3) is 0 Å². The molecule has 2 aliphatic rings. The van der Waals surface area contributed by atoms with Crippen LogP contribution in [0.5, 0.6) is 0 Å². The molecule has 2 aliphatic heterocycles. The molecular formula is C20H34N4O2S. The van der Waals surface area contributed by atoms with Crippen LogP contribution in [-0.4, -0.2) is 54.1 Å². The van der Waals surface area contributed by atoms with Gasteiger partial charge >= 0.3 is 0 Å². The Kier molecular flexibility index (Phi) is 6.74. The average molecular weight is 395 g/mol. The molecule has 3 heterocycles. The summed E-state index contributed by atoms with van der Waals surface area (Å²) in [5, 5.41) is -0.286. The molecule has 0 aliphatic carbocycles. The maximum Gasteiger partial charge on any atom is 0.216 e. The van der Waals surface area contributed by atoms with Crippen molar-refractivity contribution < 1.29 is 8.42 Å². The summed E-state index contributed by atoms with van der Waals surface area (Å²) >= 11 is 0. The van der Waals surface area contributed by atoms with E-state index in [0.29, 0.717) is 25.4 Å². The molecule has 3 rings (SSSR count). The standard InChI is InChI=1S/C20H34N4O2S/c1-4-16(2)27(25,26)24-12-8-18(9-13-24)14-19-15-20(22-17(3)21-19)23-10-6-5-7-11-23/h15-16,18H,4-14H2,1-3H3. The highest BCUT2D eigenvalue weighted by atomic mass is 32.2. The van der Waals surface area contributed by atoms with Gasteiger partial charge in [0.1, 0.15) is 11.6 Å². The lowest BCUT2D eigenvalue weighted by Crippen LogP contribution is -2.42. The minimum Gasteiger partial charge on any atom is -0.357 e. The first-order chi connectivity index (χ1) is 12.9. The number of anilines is 1. The van der Waals surface area contributed by atoms with Crippen LogP contribution in [0.15, 0.2) is 6.07 Å². The number of rotatable bonds is 6. The first kappa shape index (κ1) is 20.5. The van der Waals surface area contributed by atoms with Crippen molar-refractivity contribution in [3.05, 3.63) is 17.6 Å². The molecule has 0 saturated carbocycles. The van der Waals surface area contributed by atoms with Gasteiger partial charge in [-0.3, -0.25) is 0 Å². The topological polar surface area (TPSA) is 66.4 Å². The summed E-state index contributed by atoms with van der Waals surface area (Å²) in [6.45, 7) is 9.17. The van der Waals surface area contributed by atoms with E-state index in [1.807, 2.05) is 20.8 Å². The number of aromatic nitrogens is 2. The smallest absolute Gasteiger partial charge is 0.216 e. The van der Waals surface area contributed by atoms with Crippen LogP contribution in [0.4, 0.5) is 5.82 Å². The van der Waals surface area contributed by atoms with Gasteiger partial charge in [0.15, 0.2) is 0 Å². The molecule has 1 aromatic rings. The van der Waals surface area contributed by atoms with Crippen molar-refractivity contribution in [2.45, 2.75) is 71.0 Å². The van der Waals surface area contributed by atoms with Crippen LogP contribution in [0.3, 0.4) is 0 Å². The first-order valence-corrected chi connectivity index (χ1v) is 12.0. The Morgan fingerprint density at radius 3 is 2.41 bits per heavy atom. The second-order valence-electron chi connectivity index (χ2n) is 8.12. The van der Waals surface area contributed by atoms with E-state index in [4.69, 9.17) is 0 Å². The molecule has 0 aromatic carbocycles. The van der Waals surface area contributed by atoms with Crippen LogP contribution in [-0.2, 0) is 16.4 Å². The fourth-order valence-electron chi connectivity index (χ4n) is 4.13. The molecule has 2 fully saturated rings. The lowest BCUT2D eigenvalue weighted by atomic mass is 9.93. The molecule has 1 unspecified atom stereocenters. The Morgan fingerprint density at radius 1 is 1.11 bits per heavy atom. The van der Waals surface area contributed by atoms with Crippen LogP contribution in [0, 0.1) is 12.8 Å². The molecule has 27 heavy (non-hydrogen) atoms. The zero-order chi connectivity index (χ0) is 19.4. The van der Waals surface area contributed by atoms with Gasteiger partial charge in [0.05, 0.1) is 5.25 Å². The van der Waals surface area contributed by atoms with Gasteiger partial charge in [-0.1, -0.05) is 6.92 Å². The molecule has 6 nitrogen and oxygen atoms in total. The van der Waals surface area contributed by atoms with Gasteiger partial charge in [0, 0.05) is 37.9 Å². The second-order valence-corrected chi connectivity index (χ2v) is 10.5. The molecule has 0 N–H and O–H groups in total. The highest BCUT2D eigenvalue weighted by Crippen LogP contribution is 2.26. The van der Waals surface area contributed by atoms with Crippen molar-refractivity contribution >= 4 is 15.8 Å². The molecule has 2 saturated heterocycles. The lowest BCUT2D eigenvalue weighted by molar-refractivity contribution is 0.269. The molecule has 152 valence electrons. The van der Waals surface area contributed by atoms with Gasteiger partial charge in [-0.05, 0) is 64.7 Å². The summed E-state index contributed by atoms with van der Waals surface area (Å²) in [6, 6.07) is 2.15. The van der Waals surface area contributed by atoms with E-state index in [9.17, 15) is 8.42 Å². The van der Waals surface area contributed by atoms with E-state index in [-0.39, 0.29) is 5.25 Å². The molecule has 1 atom stereocenters. The molecule has 7 heteroatoms. The van der Waals surface area contributed by atoms with Crippen LogP contribution in [0.25, 0.3) is 0 Å². The third-order valence-corrected chi connectivity index (χ3v) is 8.51. The predicted molar refractivity (Wildman–Crippen MR) is 110 cm³/mol. The fraction of sp³-hybridized carbons (Fsp3) is 0.800. The summed E-state index contributed by atoms with van der Waals surface area (Å²) in [5.74, 6) is 2.40. The first-order valence-electron chi connectivity index (χ1n) is 10.5. The van der Waals surface area contributed by atoms with E-state index in [2.05, 4.69) is 20.9 Å². The third kappa shape index (κ3) is 4.99. The Balaban J connectivity index is 1.61. The Morgan fingerprint density at radius 2 is 1.78 bits per heavy atom. The number of hydrogen-bond acceptors (Lipinski definition) is 5. The number of hydrogen-bond donors (Lipinski definition) is 0. The van der Waals surface area contributed by atoms with Crippen molar-refractivity contribution in [3.8, 4) is 0 Å². The minimum absolute atomic E-state index is 0.286. The maximum atomic E-state index is 12.5. The van der Waals surface area contributed by atoms with E-state index in [1.165, 1.54) is 19.3 Å². The van der Waals surface area contributed by atoms with E-state index < -0.39 is 10.0 Å². The van der Waals surface area contributed by atoms with Crippen molar-refractivity contribution in [3.63, 3.8) is 0 Å². The van der Waals surface area contributed by atoms with Gasteiger partial charge in [0.2, 0.25) is 10.0 Å². The Bertz CT molecular complexity index is 723. The molecule has 0 amide bonds. The molecule has 0 radical (unpaired) electrons. The van der Waals surface area contributed by atoms with Crippen LogP contribution >= 0.6 is 0 Å². The van der Waals surface area contributed by atoms with Crippen LogP contribution in [0.1, 0.15) is 63.9 Å². The van der Waals surface area contributed by atoms with Crippen LogP contribution < -0.4 is 4.90 Å². The van der Waals surface area contributed by atoms with Crippen molar-refractivity contribution in [1.29, 1.82) is 0 Å². The summed E-state index contributed by atoms with van der Waals surface area (Å²) in [5.41, 5.74) is 1.10.